The zero-order valence-corrected chi connectivity index (χ0v) is 25.0. The summed E-state index contributed by atoms with van der Waals surface area (Å²) in [5.74, 6) is 0.0539. The molecule has 6 rings (SSSR count). The molecule has 0 bridgehead atoms. The van der Waals surface area contributed by atoms with Gasteiger partial charge < -0.3 is 19.3 Å². The van der Waals surface area contributed by atoms with Crippen molar-refractivity contribution in [1.29, 1.82) is 0 Å². The van der Waals surface area contributed by atoms with Gasteiger partial charge in [0.15, 0.2) is 0 Å². The average molecular weight is 606 g/mol. The van der Waals surface area contributed by atoms with Crippen molar-refractivity contribution in [2.75, 3.05) is 13.1 Å². The van der Waals surface area contributed by atoms with Crippen molar-refractivity contribution in [3.05, 3.63) is 146 Å². The maximum Gasteiger partial charge on any atom is 0.440 e. The molecule has 1 fully saturated rings. The number of aromatic nitrogens is 2. The van der Waals surface area contributed by atoms with Crippen molar-refractivity contribution >= 4 is 5.91 Å². The Hall–Kier alpha value is -5.15. The van der Waals surface area contributed by atoms with Gasteiger partial charge in [-0.05, 0) is 89.4 Å². The Morgan fingerprint density at radius 3 is 2.38 bits per heavy atom. The van der Waals surface area contributed by atoms with Crippen LogP contribution in [0.3, 0.4) is 0 Å². The van der Waals surface area contributed by atoms with Crippen LogP contribution in [0.1, 0.15) is 51.6 Å². The van der Waals surface area contributed by atoms with Crippen LogP contribution in [0.25, 0.3) is 11.1 Å². The number of rotatable bonds is 9. The Morgan fingerprint density at radius 2 is 1.69 bits per heavy atom. The number of aliphatic hydroxyl groups is 1. The van der Waals surface area contributed by atoms with Gasteiger partial charge >= 0.3 is 11.4 Å². The fourth-order valence-corrected chi connectivity index (χ4v) is 5.91. The molecule has 2 N–H and O–H groups in total. The second-order valence-electron chi connectivity index (χ2n) is 11.5. The first-order valence-corrected chi connectivity index (χ1v) is 15.1. The summed E-state index contributed by atoms with van der Waals surface area (Å²) in [5.41, 5.74) is 5.90. The standard InChI is InChI=1S/C36H35N3O6/c1-24-20-30(34(41)38-18-16-28(17-19-38)33(40)27-7-3-2-4-8-27)12-15-32(24)29-9-5-6-26(21-29)23-44-31-13-10-25(11-14-31)22-39-35(42)37-36(43)45-39/h2-15,20-21,28,33,40H,16-19,22-23H2,1H3,(H,37,42,43). The van der Waals surface area contributed by atoms with Gasteiger partial charge in [-0.2, -0.15) is 0 Å². The molecular weight excluding hydrogens is 570 g/mol. The second kappa shape index (κ2) is 13.2. The number of H-pyrrole nitrogens is 1. The van der Waals surface area contributed by atoms with E-state index in [-0.39, 0.29) is 18.4 Å². The topological polar surface area (TPSA) is 118 Å². The number of carbonyl (C=O) groups is 1. The highest BCUT2D eigenvalue weighted by molar-refractivity contribution is 5.95. The summed E-state index contributed by atoms with van der Waals surface area (Å²) in [6.45, 7) is 3.78. The van der Waals surface area contributed by atoms with Crippen molar-refractivity contribution < 1.29 is 19.2 Å². The van der Waals surface area contributed by atoms with Crippen molar-refractivity contribution in [2.45, 2.75) is 39.0 Å². The molecule has 1 aromatic heterocycles. The molecular formula is C36H35N3O6. The number of carbonyl (C=O) groups excluding carboxylic acids is 1. The highest BCUT2D eigenvalue weighted by Gasteiger charge is 2.28. The van der Waals surface area contributed by atoms with Gasteiger partial charge in [0.05, 0.1) is 12.6 Å². The fraction of sp³-hybridized carbons (Fsp3) is 0.250. The van der Waals surface area contributed by atoms with Crippen molar-refractivity contribution in [1.82, 2.24) is 14.6 Å². The number of aryl methyl sites for hydroxylation is 1. The minimum atomic E-state index is -0.783. The lowest BCUT2D eigenvalue weighted by molar-refractivity contribution is 0.0462. The zero-order valence-electron chi connectivity index (χ0n) is 25.0. The van der Waals surface area contributed by atoms with Gasteiger partial charge in [-0.3, -0.25) is 4.79 Å². The normalized spacial score (nSPS) is 14.3. The second-order valence-corrected chi connectivity index (χ2v) is 11.5. The Bertz CT molecular complexity index is 1880. The number of benzene rings is 4. The van der Waals surface area contributed by atoms with Crippen LogP contribution in [0.2, 0.25) is 0 Å². The molecule has 45 heavy (non-hydrogen) atoms. The van der Waals surface area contributed by atoms with E-state index < -0.39 is 17.5 Å². The zero-order chi connectivity index (χ0) is 31.3. The number of hydrogen-bond acceptors (Lipinski definition) is 6. The molecule has 0 saturated carbocycles. The van der Waals surface area contributed by atoms with E-state index in [4.69, 9.17) is 9.26 Å². The van der Waals surface area contributed by atoms with Crippen molar-refractivity contribution in [3.8, 4) is 16.9 Å². The lowest BCUT2D eigenvalue weighted by atomic mass is 9.87. The first kappa shape index (κ1) is 29.9. The van der Waals surface area contributed by atoms with E-state index in [1.54, 1.807) is 0 Å². The van der Waals surface area contributed by atoms with Gasteiger partial charge in [0, 0.05) is 18.7 Å². The quantitative estimate of drug-likeness (QED) is 0.235. The highest BCUT2D eigenvalue weighted by atomic mass is 16.5. The maximum absolute atomic E-state index is 13.4. The molecule has 2 heterocycles. The van der Waals surface area contributed by atoms with Gasteiger partial charge in [-0.25, -0.2) is 14.6 Å². The molecule has 1 atom stereocenters. The van der Waals surface area contributed by atoms with Crippen LogP contribution in [-0.2, 0) is 13.2 Å². The number of piperidine rings is 1. The average Bonchev–Trinajstić information content (AvgIpc) is 3.39. The van der Waals surface area contributed by atoms with Crippen LogP contribution in [0.5, 0.6) is 5.75 Å². The number of aromatic amines is 1. The summed E-state index contributed by atoms with van der Waals surface area (Å²) in [7, 11) is 0. The predicted octanol–water partition coefficient (Wildman–Crippen LogP) is 5.32. The lowest BCUT2D eigenvalue weighted by Gasteiger charge is -2.34. The Labute approximate surface area is 260 Å². The van der Waals surface area contributed by atoms with E-state index in [2.05, 4.69) is 11.1 Å². The summed E-state index contributed by atoms with van der Waals surface area (Å²) >= 11 is 0. The number of nitrogens with zero attached hydrogens (tertiary/aromatic N) is 2. The number of ether oxygens (including phenoxy) is 1. The molecule has 5 aromatic rings. The highest BCUT2D eigenvalue weighted by Crippen LogP contribution is 2.32. The number of nitrogens with one attached hydrogen (secondary N) is 1. The van der Waals surface area contributed by atoms with Crippen LogP contribution < -0.4 is 16.2 Å². The van der Waals surface area contributed by atoms with E-state index >= 15 is 0 Å². The summed E-state index contributed by atoms with van der Waals surface area (Å²) in [4.78, 5) is 40.2. The van der Waals surface area contributed by atoms with Gasteiger partial charge in [0.1, 0.15) is 12.4 Å². The Morgan fingerprint density at radius 1 is 0.933 bits per heavy atom. The lowest BCUT2D eigenvalue weighted by Crippen LogP contribution is -2.39. The smallest absolute Gasteiger partial charge is 0.440 e. The molecule has 230 valence electrons. The third-order valence-electron chi connectivity index (χ3n) is 8.41. The summed E-state index contributed by atoms with van der Waals surface area (Å²) in [5, 5.41) is 10.8. The molecule has 1 amide bonds. The van der Waals surface area contributed by atoms with Crippen LogP contribution >= 0.6 is 0 Å². The monoisotopic (exact) mass is 605 g/mol. The molecule has 9 heteroatoms. The van der Waals surface area contributed by atoms with Gasteiger partial charge in [-0.15, -0.1) is 4.74 Å². The maximum atomic E-state index is 13.4. The minimum absolute atomic E-state index is 0.0233. The fourth-order valence-electron chi connectivity index (χ4n) is 5.91. The van der Waals surface area contributed by atoms with E-state index in [1.807, 2.05) is 103 Å². The van der Waals surface area contributed by atoms with E-state index in [9.17, 15) is 19.5 Å². The van der Waals surface area contributed by atoms with Gasteiger partial charge in [0.25, 0.3) is 5.91 Å². The molecule has 1 saturated heterocycles. The first-order chi connectivity index (χ1) is 21.8. The summed E-state index contributed by atoms with van der Waals surface area (Å²) < 4.78 is 11.8. The van der Waals surface area contributed by atoms with Gasteiger partial charge in [-0.1, -0.05) is 66.7 Å². The third kappa shape index (κ3) is 6.99. The molecule has 0 aliphatic carbocycles. The first-order valence-electron chi connectivity index (χ1n) is 15.1. The molecule has 0 radical (unpaired) electrons. The summed E-state index contributed by atoms with van der Waals surface area (Å²) in [6.07, 6.45) is 1.03. The largest absolute Gasteiger partial charge is 0.489 e. The minimum Gasteiger partial charge on any atom is -0.489 e. The summed E-state index contributed by atoms with van der Waals surface area (Å²) in [6, 6.07) is 31.0. The number of likely N-dealkylation sites (tertiary alicyclic amines) is 1. The Kier molecular flexibility index (Phi) is 8.79. The SMILES string of the molecule is Cc1cc(C(=O)N2CCC(C(O)c3ccccc3)CC2)ccc1-c1cccc(COc2ccc(Cn3oc(=O)[nH]c3=O)cc2)c1. The van der Waals surface area contributed by atoms with Crippen molar-refractivity contribution in [3.63, 3.8) is 0 Å². The molecule has 9 nitrogen and oxygen atoms in total. The molecule has 1 aliphatic heterocycles. The van der Waals surface area contributed by atoms with Gasteiger partial charge in [0.2, 0.25) is 0 Å². The molecule has 0 spiro atoms. The van der Waals surface area contributed by atoms with Crippen LogP contribution in [0, 0.1) is 12.8 Å². The van der Waals surface area contributed by atoms with Crippen LogP contribution in [-0.4, -0.2) is 38.7 Å². The van der Waals surface area contributed by atoms with Crippen LogP contribution in [0.4, 0.5) is 0 Å². The van der Waals surface area contributed by atoms with Crippen molar-refractivity contribution in [2.24, 2.45) is 5.92 Å². The molecule has 1 unspecified atom stereocenters. The molecule has 4 aromatic carbocycles. The molecule has 1 aliphatic rings. The Balaban J connectivity index is 1.05. The number of amides is 1. The third-order valence-corrected chi connectivity index (χ3v) is 8.41. The van der Waals surface area contributed by atoms with E-state index in [0.717, 1.165) is 51.0 Å². The van der Waals surface area contributed by atoms with E-state index in [0.29, 0.717) is 31.0 Å². The van der Waals surface area contributed by atoms with E-state index in [1.165, 1.54) is 0 Å². The van der Waals surface area contributed by atoms with Crippen LogP contribution in [0.15, 0.2) is 111 Å². The number of aliphatic hydroxyl groups excluding tert-OH is 1. The predicted molar refractivity (Wildman–Crippen MR) is 170 cm³/mol. The number of hydrogen-bond donors (Lipinski definition) is 2.